The SMILES string of the molecule is C=C/C(=C\C1=C(C)Oc2ccccc2C12c1ccccc1-c1cccc3cccc2c13)N(c1ccc2ccccc2c1)c1ccc2cc(-c3ccccc3)ccc2c1. The lowest BCUT2D eigenvalue weighted by Gasteiger charge is -2.46. The Kier molecular flexibility index (Phi) is 7.80. The fourth-order valence-electron chi connectivity index (χ4n) is 9.66. The average Bonchev–Trinajstić information content (AvgIpc) is 3.28. The van der Waals surface area contributed by atoms with E-state index in [4.69, 9.17) is 4.74 Å². The van der Waals surface area contributed by atoms with Gasteiger partial charge in [0.15, 0.2) is 0 Å². The molecule has 0 aromatic heterocycles. The highest BCUT2D eigenvalue weighted by molar-refractivity contribution is 6.05. The van der Waals surface area contributed by atoms with Gasteiger partial charge in [0.05, 0.1) is 5.41 Å². The maximum Gasteiger partial charge on any atom is 0.131 e. The third-order valence-electron chi connectivity index (χ3n) is 12.2. The third kappa shape index (κ3) is 5.12. The van der Waals surface area contributed by atoms with E-state index in [1.54, 1.807) is 0 Å². The molecule has 0 N–H and O–H groups in total. The van der Waals surface area contributed by atoms with Crippen LogP contribution in [0, 0.1) is 0 Å². The molecule has 58 heavy (non-hydrogen) atoms. The van der Waals surface area contributed by atoms with E-state index in [0.717, 1.165) is 45.1 Å². The Morgan fingerprint density at radius 3 is 1.90 bits per heavy atom. The van der Waals surface area contributed by atoms with Crippen molar-refractivity contribution in [3.05, 3.63) is 247 Å². The van der Waals surface area contributed by atoms with Crippen molar-refractivity contribution in [2.24, 2.45) is 0 Å². The number of para-hydroxylation sites is 1. The highest BCUT2D eigenvalue weighted by atomic mass is 16.5. The van der Waals surface area contributed by atoms with Gasteiger partial charge in [-0.05, 0) is 121 Å². The molecule has 1 heterocycles. The monoisotopic (exact) mass is 741 g/mol. The van der Waals surface area contributed by atoms with Crippen LogP contribution in [0.15, 0.2) is 230 Å². The molecule has 2 aliphatic rings. The second kappa shape index (κ2) is 13.4. The van der Waals surface area contributed by atoms with Crippen LogP contribution in [-0.2, 0) is 5.41 Å². The van der Waals surface area contributed by atoms with Crippen molar-refractivity contribution in [2.75, 3.05) is 4.90 Å². The Hall–Kier alpha value is -7.42. The molecule has 2 heteroatoms. The number of hydrogen-bond donors (Lipinski definition) is 0. The van der Waals surface area contributed by atoms with Crippen molar-refractivity contribution in [3.8, 4) is 28.0 Å². The molecule has 0 amide bonds. The van der Waals surface area contributed by atoms with Crippen molar-refractivity contribution in [1.29, 1.82) is 0 Å². The molecular formula is C56H39NO. The van der Waals surface area contributed by atoms with E-state index >= 15 is 0 Å². The maximum atomic E-state index is 6.85. The van der Waals surface area contributed by atoms with Crippen molar-refractivity contribution in [1.82, 2.24) is 0 Å². The normalized spacial score (nSPS) is 15.6. The predicted octanol–water partition coefficient (Wildman–Crippen LogP) is 14.7. The van der Waals surface area contributed by atoms with Crippen molar-refractivity contribution in [2.45, 2.75) is 12.3 Å². The Morgan fingerprint density at radius 2 is 1.09 bits per heavy atom. The molecular weight excluding hydrogens is 703 g/mol. The number of fused-ring (bicyclic) bond motifs is 8. The van der Waals surface area contributed by atoms with Crippen LogP contribution in [0.2, 0.25) is 0 Å². The minimum atomic E-state index is -0.677. The number of allylic oxidation sites excluding steroid dienone is 4. The average molecular weight is 742 g/mol. The first kappa shape index (κ1) is 33.9. The summed E-state index contributed by atoms with van der Waals surface area (Å²) in [5, 5.41) is 7.22. The summed E-state index contributed by atoms with van der Waals surface area (Å²) in [6.07, 6.45) is 4.33. The van der Waals surface area contributed by atoms with E-state index in [1.807, 2.05) is 6.08 Å². The summed E-state index contributed by atoms with van der Waals surface area (Å²) in [6.45, 7) is 6.64. The van der Waals surface area contributed by atoms with Gasteiger partial charge in [-0.15, -0.1) is 0 Å². The van der Waals surface area contributed by atoms with Gasteiger partial charge in [-0.3, -0.25) is 0 Å². The minimum absolute atomic E-state index is 0.677. The number of rotatable bonds is 6. The van der Waals surface area contributed by atoms with E-state index in [9.17, 15) is 0 Å². The summed E-state index contributed by atoms with van der Waals surface area (Å²) >= 11 is 0. The molecule has 1 atom stereocenters. The molecule has 1 unspecified atom stereocenters. The second-order valence-electron chi connectivity index (χ2n) is 15.3. The van der Waals surface area contributed by atoms with Gasteiger partial charge in [0.25, 0.3) is 0 Å². The third-order valence-corrected chi connectivity index (χ3v) is 12.2. The lowest BCUT2D eigenvalue weighted by atomic mass is 9.58. The Balaban J connectivity index is 1.18. The number of ether oxygens (including phenoxy) is 1. The Bertz CT molecular complexity index is 3180. The minimum Gasteiger partial charge on any atom is -0.461 e. The maximum absolute atomic E-state index is 6.85. The number of benzene rings is 9. The first-order valence-electron chi connectivity index (χ1n) is 19.9. The molecule has 9 aromatic carbocycles. The fraction of sp³-hybridized carbons (Fsp3) is 0.0357. The molecule has 9 aromatic rings. The number of anilines is 2. The quantitative estimate of drug-likeness (QED) is 0.157. The standard InChI is InChI=1S/C56H39NO/c1-3-45(57(46-31-29-39-17-7-8-18-41(39)34-46)47-32-30-43-33-42(27-28-44(43)35-47)38-15-5-4-6-16-38)36-53-37(2)58-54-26-12-11-24-51(54)56(53)50-23-10-9-21-48(50)49-22-13-19-40-20-14-25-52(56)55(40)49/h3-36H,1H2,2H3/b45-36+. The molecule has 274 valence electrons. The molecule has 2 nitrogen and oxygen atoms in total. The Morgan fingerprint density at radius 1 is 0.500 bits per heavy atom. The first-order valence-corrected chi connectivity index (χ1v) is 19.9. The van der Waals surface area contributed by atoms with Crippen molar-refractivity contribution >= 4 is 43.7 Å². The van der Waals surface area contributed by atoms with Crippen LogP contribution in [0.4, 0.5) is 11.4 Å². The van der Waals surface area contributed by atoms with E-state index in [0.29, 0.717) is 0 Å². The molecule has 0 saturated carbocycles. The molecule has 0 fully saturated rings. The zero-order valence-electron chi connectivity index (χ0n) is 32.2. The predicted molar refractivity (Wildman–Crippen MR) is 243 cm³/mol. The van der Waals surface area contributed by atoms with Gasteiger partial charge in [0.2, 0.25) is 0 Å². The lowest BCUT2D eigenvalue weighted by molar-refractivity contribution is 0.386. The largest absolute Gasteiger partial charge is 0.461 e. The lowest BCUT2D eigenvalue weighted by Crippen LogP contribution is -2.38. The number of hydrogen-bond acceptors (Lipinski definition) is 2. The van der Waals surface area contributed by atoms with Gasteiger partial charge in [0, 0.05) is 28.2 Å². The Labute approximate surface area is 338 Å². The van der Waals surface area contributed by atoms with Gasteiger partial charge >= 0.3 is 0 Å². The summed E-state index contributed by atoms with van der Waals surface area (Å²) in [5.74, 6) is 1.73. The van der Waals surface area contributed by atoms with Gasteiger partial charge < -0.3 is 9.64 Å². The van der Waals surface area contributed by atoms with E-state index in [1.165, 1.54) is 60.3 Å². The summed E-state index contributed by atoms with van der Waals surface area (Å²) < 4.78 is 6.85. The van der Waals surface area contributed by atoms with Crippen LogP contribution in [0.1, 0.15) is 23.6 Å². The first-order chi connectivity index (χ1) is 28.6. The summed E-state index contributed by atoms with van der Waals surface area (Å²) in [6, 6.07) is 70.3. The van der Waals surface area contributed by atoms with Crippen LogP contribution in [0.3, 0.4) is 0 Å². The summed E-state index contributed by atoms with van der Waals surface area (Å²) in [5.41, 5.74) is 12.0. The highest BCUT2D eigenvalue weighted by Gasteiger charge is 2.49. The molecule has 0 bridgehead atoms. The van der Waals surface area contributed by atoms with Gasteiger partial charge in [-0.1, -0.05) is 164 Å². The van der Waals surface area contributed by atoms with E-state index in [-0.39, 0.29) is 0 Å². The highest BCUT2D eigenvalue weighted by Crippen LogP contribution is 2.60. The van der Waals surface area contributed by atoms with Crippen LogP contribution in [0.5, 0.6) is 5.75 Å². The van der Waals surface area contributed by atoms with Gasteiger partial charge in [-0.25, -0.2) is 0 Å². The molecule has 11 rings (SSSR count). The van der Waals surface area contributed by atoms with E-state index < -0.39 is 5.41 Å². The van der Waals surface area contributed by atoms with Crippen molar-refractivity contribution in [3.63, 3.8) is 0 Å². The van der Waals surface area contributed by atoms with Crippen LogP contribution >= 0.6 is 0 Å². The zero-order valence-corrected chi connectivity index (χ0v) is 32.2. The summed E-state index contributed by atoms with van der Waals surface area (Å²) in [4.78, 5) is 2.35. The fourth-order valence-corrected chi connectivity index (χ4v) is 9.66. The van der Waals surface area contributed by atoms with Gasteiger partial charge in [-0.2, -0.15) is 0 Å². The molecule has 0 saturated heterocycles. The van der Waals surface area contributed by atoms with Gasteiger partial charge in [0.1, 0.15) is 11.5 Å². The zero-order chi connectivity index (χ0) is 38.8. The van der Waals surface area contributed by atoms with Crippen LogP contribution in [-0.4, -0.2) is 0 Å². The smallest absolute Gasteiger partial charge is 0.131 e. The topological polar surface area (TPSA) is 12.5 Å². The van der Waals surface area contributed by atoms with E-state index in [2.05, 4.69) is 219 Å². The van der Waals surface area contributed by atoms with Crippen molar-refractivity contribution < 1.29 is 4.74 Å². The molecule has 1 aliphatic carbocycles. The van der Waals surface area contributed by atoms with Crippen LogP contribution in [0.25, 0.3) is 54.6 Å². The summed E-state index contributed by atoms with van der Waals surface area (Å²) in [7, 11) is 0. The molecule has 0 radical (unpaired) electrons. The second-order valence-corrected chi connectivity index (χ2v) is 15.3. The van der Waals surface area contributed by atoms with Crippen LogP contribution < -0.4 is 9.64 Å². The molecule has 1 spiro atoms. The molecule has 1 aliphatic heterocycles. The number of nitrogens with zero attached hydrogens (tertiary/aromatic N) is 1.